The molecule has 12 heavy (non-hydrogen) atoms. The summed E-state index contributed by atoms with van der Waals surface area (Å²) in [5.74, 6) is 0. The highest BCUT2D eigenvalue weighted by Gasteiger charge is 2.14. The summed E-state index contributed by atoms with van der Waals surface area (Å²) in [6.45, 7) is 2.18. The van der Waals surface area contributed by atoms with Crippen LogP contribution >= 0.6 is 0 Å². The molecule has 1 atom stereocenters. The van der Waals surface area contributed by atoms with Gasteiger partial charge in [0.1, 0.15) is 0 Å². The topological polar surface area (TPSA) is 44.5 Å². The average molecular weight is 175 g/mol. The fourth-order valence-corrected chi connectivity index (χ4v) is 1.21. The zero-order valence-electron chi connectivity index (χ0n) is 8.38. The monoisotopic (exact) mass is 175 g/mol. The predicted molar refractivity (Wildman–Crippen MR) is 49.9 cm³/mol. The molecule has 3 nitrogen and oxygen atoms in total. The standard InChI is InChI=1S/C9H21NO2/c1-4-5-6-7-8(10)9(11-2)12-3/h8-9H,4-7,10H2,1-3H3. The van der Waals surface area contributed by atoms with Gasteiger partial charge in [0.2, 0.25) is 0 Å². The maximum atomic E-state index is 5.83. The molecule has 0 aliphatic heterocycles. The Balaban J connectivity index is 3.47. The molecule has 0 rings (SSSR count). The highest BCUT2D eigenvalue weighted by atomic mass is 16.7. The first-order valence-corrected chi connectivity index (χ1v) is 4.57. The van der Waals surface area contributed by atoms with Crippen molar-refractivity contribution in [2.75, 3.05) is 14.2 Å². The summed E-state index contributed by atoms with van der Waals surface area (Å²) >= 11 is 0. The van der Waals surface area contributed by atoms with Crippen LogP contribution in [-0.2, 0) is 9.47 Å². The van der Waals surface area contributed by atoms with Crippen LogP contribution in [0, 0.1) is 0 Å². The van der Waals surface area contributed by atoms with Gasteiger partial charge in [-0.15, -0.1) is 0 Å². The highest BCUT2D eigenvalue weighted by molar-refractivity contribution is 4.64. The van der Waals surface area contributed by atoms with Crippen molar-refractivity contribution in [2.24, 2.45) is 5.73 Å². The molecule has 74 valence electrons. The molecule has 0 aliphatic carbocycles. The van der Waals surface area contributed by atoms with E-state index >= 15 is 0 Å². The van der Waals surface area contributed by atoms with Crippen LogP contribution in [0.2, 0.25) is 0 Å². The predicted octanol–water partition coefficient (Wildman–Crippen LogP) is 1.51. The van der Waals surface area contributed by atoms with E-state index in [0.717, 1.165) is 12.8 Å². The molecule has 0 saturated carbocycles. The minimum atomic E-state index is -0.248. The Morgan fingerprint density at radius 1 is 1.17 bits per heavy atom. The molecule has 1 unspecified atom stereocenters. The third kappa shape index (κ3) is 4.70. The summed E-state index contributed by atoms with van der Waals surface area (Å²) in [6, 6.07) is 0.00606. The van der Waals surface area contributed by atoms with Gasteiger partial charge in [0, 0.05) is 14.2 Å². The van der Waals surface area contributed by atoms with Gasteiger partial charge in [0.15, 0.2) is 6.29 Å². The van der Waals surface area contributed by atoms with Crippen LogP contribution in [0.5, 0.6) is 0 Å². The molecular weight excluding hydrogens is 154 g/mol. The molecule has 0 radical (unpaired) electrons. The Hall–Kier alpha value is -0.120. The molecular formula is C9H21NO2. The van der Waals surface area contributed by atoms with Crippen LogP contribution in [0.25, 0.3) is 0 Å². The molecule has 0 spiro atoms. The van der Waals surface area contributed by atoms with E-state index in [2.05, 4.69) is 6.92 Å². The van der Waals surface area contributed by atoms with Gasteiger partial charge in [-0.25, -0.2) is 0 Å². The van der Waals surface area contributed by atoms with E-state index in [1.807, 2.05) is 0 Å². The van der Waals surface area contributed by atoms with Crippen molar-refractivity contribution in [3.63, 3.8) is 0 Å². The first-order chi connectivity index (χ1) is 5.76. The van der Waals surface area contributed by atoms with Crippen molar-refractivity contribution >= 4 is 0 Å². The number of hydrogen-bond donors (Lipinski definition) is 1. The molecule has 3 heteroatoms. The van der Waals surface area contributed by atoms with Crippen molar-refractivity contribution in [1.82, 2.24) is 0 Å². The number of nitrogens with two attached hydrogens (primary N) is 1. The van der Waals surface area contributed by atoms with Gasteiger partial charge in [0.05, 0.1) is 6.04 Å². The smallest absolute Gasteiger partial charge is 0.171 e. The largest absolute Gasteiger partial charge is 0.354 e. The number of ether oxygens (including phenoxy) is 2. The van der Waals surface area contributed by atoms with E-state index in [-0.39, 0.29) is 12.3 Å². The molecule has 0 bridgehead atoms. The van der Waals surface area contributed by atoms with Crippen LogP contribution in [0.1, 0.15) is 32.6 Å². The van der Waals surface area contributed by atoms with Gasteiger partial charge in [0.25, 0.3) is 0 Å². The van der Waals surface area contributed by atoms with Crippen molar-refractivity contribution < 1.29 is 9.47 Å². The van der Waals surface area contributed by atoms with Crippen LogP contribution in [-0.4, -0.2) is 26.6 Å². The van der Waals surface area contributed by atoms with Gasteiger partial charge in [-0.2, -0.15) is 0 Å². The molecule has 0 aromatic heterocycles. The van der Waals surface area contributed by atoms with Crippen LogP contribution < -0.4 is 5.73 Å². The first kappa shape index (κ1) is 11.9. The number of hydrogen-bond acceptors (Lipinski definition) is 3. The zero-order chi connectivity index (χ0) is 9.40. The minimum absolute atomic E-state index is 0.00606. The number of rotatable bonds is 7. The molecule has 0 aromatic rings. The quantitative estimate of drug-likeness (QED) is 0.471. The molecule has 0 heterocycles. The SMILES string of the molecule is CCCCCC(N)C(OC)OC. The van der Waals surface area contributed by atoms with Gasteiger partial charge >= 0.3 is 0 Å². The summed E-state index contributed by atoms with van der Waals surface area (Å²) in [5.41, 5.74) is 5.83. The molecule has 0 fully saturated rings. The van der Waals surface area contributed by atoms with E-state index < -0.39 is 0 Å². The van der Waals surface area contributed by atoms with E-state index in [1.54, 1.807) is 14.2 Å². The second-order valence-electron chi connectivity index (χ2n) is 3.00. The third-order valence-electron chi connectivity index (χ3n) is 1.96. The van der Waals surface area contributed by atoms with Crippen LogP contribution in [0.3, 0.4) is 0 Å². The van der Waals surface area contributed by atoms with Crippen molar-refractivity contribution in [2.45, 2.75) is 44.9 Å². The Labute approximate surface area is 75.2 Å². The number of methoxy groups -OCH3 is 2. The lowest BCUT2D eigenvalue weighted by molar-refractivity contribution is -0.117. The van der Waals surface area contributed by atoms with Crippen molar-refractivity contribution in [1.29, 1.82) is 0 Å². The Morgan fingerprint density at radius 3 is 2.17 bits per heavy atom. The molecule has 0 saturated heterocycles. The van der Waals surface area contributed by atoms with Gasteiger partial charge < -0.3 is 15.2 Å². The Kier molecular flexibility index (Phi) is 7.45. The summed E-state index contributed by atoms with van der Waals surface area (Å²) in [5, 5.41) is 0. The second kappa shape index (κ2) is 7.53. The lowest BCUT2D eigenvalue weighted by Crippen LogP contribution is -2.37. The summed E-state index contributed by atoms with van der Waals surface area (Å²) < 4.78 is 10.1. The molecule has 2 N–H and O–H groups in total. The maximum Gasteiger partial charge on any atom is 0.171 e. The molecule has 0 aliphatic rings. The molecule has 0 aromatic carbocycles. The fraction of sp³-hybridized carbons (Fsp3) is 1.00. The normalized spacial score (nSPS) is 13.8. The van der Waals surface area contributed by atoms with Crippen LogP contribution in [0.4, 0.5) is 0 Å². The van der Waals surface area contributed by atoms with E-state index in [4.69, 9.17) is 15.2 Å². The van der Waals surface area contributed by atoms with E-state index in [1.165, 1.54) is 12.8 Å². The lowest BCUT2D eigenvalue weighted by Gasteiger charge is -2.20. The van der Waals surface area contributed by atoms with Gasteiger partial charge in [-0.05, 0) is 6.42 Å². The Morgan fingerprint density at radius 2 is 1.75 bits per heavy atom. The van der Waals surface area contributed by atoms with Crippen molar-refractivity contribution in [3.8, 4) is 0 Å². The first-order valence-electron chi connectivity index (χ1n) is 4.57. The highest BCUT2D eigenvalue weighted by Crippen LogP contribution is 2.07. The summed E-state index contributed by atoms with van der Waals surface area (Å²) in [7, 11) is 3.24. The van der Waals surface area contributed by atoms with E-state index in [0.29, 0.717) is 0 Å². The number of unbranched alkanes of at least 4 members (excludes halogenated alkanes) is 2. The van der Waals surface area contributed by atoms with E-state index in [9.17, 15) is 0 Å². The van der Waals surface area contributed by atoms with Gasteiger partial charge in [-0.3, -0.25) is 0 Å². The summed E-state index contributed by atoms with van der Waals surface area (Å²) in [6.07, 6.45) is 4.33. The minimum Gasteiger partial charge on any atom is -0.354 e. The van der Waals surface area contributed by atoms with Crippen molar-refractivity contribution in [3.05, 3.63) is 0 Å². The van der Waals surface area contributed by atoms with Gasteiger partial charge in [-0.1, -0.05) is 26.2 Å². The average Bonchev–Trinajstić information content (AvgIpc) is 2.07. The Bertz CT molecular complexity index is 94.5. The maximum absolute atomic E-state index is 5.83. The fourth-order valence-electron chi connectivity index (χ4n) is 1.21. The zero-order valence-corrected chi connectivity index (χ0v) is 8.38. The molecule has 0 amide bonds. The third-order valence-corrected chi connectivity index (χ3v) is 1.96. The lowest BCUT2D eigenvalue weighted by atomic mass is 10.1. The van der Waals surface area contributed by atoms with Crippen LogP contribution in [0.15, 0.2) is 0 Å². The second-order valence-corrected chi connectivity index (χ2v) is 3.00. The summed E-state index contributed by atoms with van der Waals surface area (Å²) in [4.78, 5) is 0.